The van der Waals surface area contributed by atoms with Gasteiger partial charge in [-0.15, -0.1) is 0 Å². The number of nitrogen functional groups attached to an aromatic ring is 1. The summed E-state index contributed by atoms with van der Waals surface area (Å²) in [5.41, 5.74) is 3.97. The number of rotatable bonds is 3. The molecule has 1 amide bonds. The highest BCUT2D eigenvalue weighted by Crippen LogP contribution is 2.37. The average molecular weight is 382 g/mol. The molecule has 0 saturated heterocycles. The van der Waals surface area contributed by atoms with Gasteiger partial charge in [-0.2, -0.15) is 0 Å². The minimum atomic E-state index is -3.89. The van der Waals surface area contributed by atoms with Crippen molar-refractivity contribution in [2.75, 3.05) is 0 Å². The maximum Gasteiger partial charge on any atom is 0.265 e. The molecule has 6 nitrogen and oxygen atoms in total. The summed E-state index contributed by atoms with van der Waals surface area (Å²) in [5, 5.41) is 5.63. The molecule has 0 aliphatic heterocycles. The minimum Gasteiger partial charge on any atom is -0.290 e. The number of hydrogen-bond donors (Lipinski definition) is 3. The van der Waals surface area contributed by atoms with E-state index in [4.69, 9.17) is 22.6 Å². The van der Waals surface area contributed by atoms with Crippen molar-refractivity contribution in [1.82, 2.24) is 5.43 Å². The Morgan fingerprint density at radius 2 is 1.72 bits per heavy atom. The van der Waals surface area contributed by atoms with Gasteiger partial charge in [-0.25, -0.2) is 19.4 Å². The van der Waals surface area contributed by atoms with Crippen LogP contribution >= 0.6 is 11.6 Å². The zero-order chi connectivity index (χ0) is 19.0. The van der Waals surface area contributed by atoms with E-state index in [-0.39, 0.29) is 15.9 Å². The Hall–Kier alpha value is -1.93. The number of hydrazine groups is 1. The molecule has 134 valence electrons. The predicted molar refractivity (Wildman–Crippen MR) is 98.6 cm³/mol. The highest BCUT2D eigenvalue weighted by molar-refractivity contribution is 7.89. The standard InChI is InChI=1S/C17H20ClN3O3S/c1-17(2,3)15-7-5-11(25(20,23)24)9-13(15)12-6-4-10(18)8-14(12)16(22)21-19/h4-9H,19H2,1-3H3,(H,21,22)(H2,20,23,24). The molecule has 0 atom stereocenters. The highest BCUT2D eigenvalue weighted by Gasteiger charge is 2.24. The number of primary sulfonamides is 1. The molecule has 2 aromatic rings. The van der Waals surface area contributed by atoms with E-state index in [0.29, 0.717) is 16.1 Å². The SMILES string of the molecule is CC(C)(C)c1ccc(S(N)(=O)=O)cc1-c1ccc(Cl)cc1C(=O)NN. The fraction of sp³-hybridized carbons (Fsp3) is 0.235. The van der Waals surface area contributed by atoms with Crippen LogP contribution < -0.4 is 16.4 Å². The molecule has 0 aromatic heterocycles. The van der Waals surface area contributed by atoms with Gasteiger partial charge >= 0.3 is 0 Å². The predicted octanol–water partition coefficient (Wildman–Crippen LogP) is 2.56. The second-order valence-electron chi connectivity index (χ2n) is 6.67. The lowest BCUT2D eigenvalue weighted by Gasteiger charge is -2.24. The number of hydrogen-bond acceptors (Lipinski definition) is 4. The third-order valence-corrected chi connectivity index (χ3v) is 4.92. The van der Waals surface area contributed by atoms with E-state index in [2.05, 4.69) is 5.43 Å². The Morgan fingerprint density at radius 3 is 2.24 bits per heavy atom. The van der Waals surface area contributed by atoms with Crippen LogP contribution in [0, 0.1) is 0 Å². The Bertz CT molecular complexity index is 935. The quantitative estimate of drug-likeness (QED) is 0.430. The second kappa shape index (κ2) is 6.76. The van der Waals surface area contributed by atoms with E-state index < -0.39 is 15.9 Å². The van der Waals surface area contributed by atoms with E-state index in [1.165, 1.54) is 18.2 Å². The minimum absolute atomic E-state index is 0.0374. The normalized spacial score (nSPS) is 12.1. The van der Waals surface area contributed by atoms with Crippen LogP contribution in [0.4, 0.5) is 0 Å². The zero-order valence-corrected chi connectivity index (χ0v) is 15.7. The summed E-state index contributed by atoms with van der Waals surface area (Å²) in [5.74, 6) is 4.74. The van der Waals surface area contributed by atoms with Gasteiger partial charge in [0.15, 0.2) is 0 Å². The van der Waals surface area contributed by atoms with Crippen LogP contribution in [0.1, 0.15) is 36.7 Å². The van der Waals surface area contributed by atoms with Gasteiger partial charge in [0, 0.05) is 10.6 Å². The van der Waals surface area contributed by atoms with Gasteiger partial charge in [0.2, 0.25) is 10.0 Å². The summed E-state index contributed by atoms with van der Waals surface area (Å²) in [7, 11) is -3.89. The summed E-state index contributed by atoms with van der Waals surface area (Å²) in [6, 6.07) is 9.39. The van der Waals surface area contributed by atoms with Gasteiger partial charge in [0.1, 0.15) is 0 Å². The van der Waals surface area contributed by atoms with Crippen LogP contribution in [0.15, 0.2) is 41.3 Å². The molecule has 25 heavy (non-hydrogen) atoms. The largest absolute Gasteiger partial charge is 0.290 e. The molecule has 0 bridgehead atoms. The number of nitrogens with two attached hydrogens (primary N) is 2. The highest BCUT2D eigenvalue weighted by atomic mass is 35.5. The number of halogens is 1. The van der Waals surface area contributed by atoms with Crippen molar-refractivity contribution >= 4 is 27.5 Å². The first kappa shape index (κ1) is 19.4. The first-order valence-electron chi connectivity index (χ1n) is 7.43. The van der Waals surface area contributed by atoms with Crippen LogP contribution in [-0.4, -0.2) is 14.3 Å². The number of amides is 1. The molecule has 0 unspecified atom stereocenters. The van der Waals surface area contributed by atoms with Gasteiger partial charge in [-0.05, 0) is 46.4 Å². The lowest BCUT2D eigenvalue weighted by molar-refractivity contribution is 0.0954. The third-order valence-electron chi connectivity index (χ3n) is 3.78. The Morgan fingerprint density at radius 1 is 1.08 bits per heavy atom. The van der Waals surface area contributed by atoms with Crippen LogP contribution in [0.2, 0.25) is 5.02 Å². The van der Waals surface area contributed by atoms with Crippen molar-refractivity contribution in [3.05, 3.63) is 52.5 Å². The molecule has 0 radical (unpaired) electrons. The van der Waals surface area contributed by atoms with E-state index in [0.717, 1.165) is 5.56 Å². The molecule has 0 saturated carbocycles. The van der Waals surface area contributed by atoms with Crippen molar-refractivity contribution in [1.29, 1.82) is 0 Å². The summed E-state index contributed by atoms with van der Waals surface area (Å²) < 4.78 is 23.5. The third kappa shape index (κ3) is 4.19. The first-order chi connectivity index (χ1) is 11.4. The van der Waals surface area contributed by atoms with Gasteiger partial charge in [0.25, 0.3) is 5.91 Å². The molecule has 0 aliphatic carbocycles. The van der Waals surface area contributed by atoms with Gasteiger partial charge in [0.05, 0.1) is 4.90 Å². The maximum absolute atomic E-state index is 12.2. The molecule has 2 aromatic carbocycles. The van der Waals surface area contributed by atoms with E-state index >= 15 is 0 Å². The van der Waals surface area contributed by atoms with Gasteiger partial charge in [-0.1, -0.05) is 44.5 Å². The average Bonchev–Trinajstić information content (AvgIpc) is 2.51. The lowest BCUT2D eigenvalue weighted by atomic mass is 9.81. The summed E-state index contributed by atoms with van der Waals surface area (Å²) in [4.78, 5) is 12.1. The summed E-state index contributed by atoms with van der Waals surface area (Å²) in [6.07, 6.45) is 0. The summed E-state index contributed by atoms with van der Waals surface area (Å²) >= 11 is 6.00. The second-order valence-corrected chi connectivity index (χ2v) is 8.66. The molecular formula is C17H20ClN3O3S. The zero-order valence-electron chi connectivity index (χ0n) is 14.1. The van der Waals surface area contributed by atoms with Crippen LogP contribution in [0.3, 0.4) is 0 Å². The van der Waals surface area contributed by atoms with Crippen molar-refractivity contribution < 1.29 is 13.2 Å². The molecule has 2 rings (SSSR count). The Balaban J connectivity index is 2.88. The fourth-order valence-electron chi connectivity index (χ4n) is 2.59. The first-order valence-corrected chi connectivity index (χ1v) is 9.36. The monoisotopic (exact) mass is 381 g/mol. The van der Waals surface area contributed by atoms with E-state index in [9.17, 15) is 13.2 Å². The summed E-state index contributed by atoms with van der Waals surface area (Å²) in [6.45, 7) is 5.96. The van der Waals surface area contributed by atoms with Crippen LogP contribution in [-0.2, 0) is 15.4 Å². The van der Waals surface area contributed by atoms with Crippen molar-refractivity contribution in [3.63, 3.8) is 0 Å². The lowest BCUT2D eigenvalue weighted by Crippen LogP contribution is -2.30. The molecule has 8 heteroatoms. The van der Waals surface area contributed by atoms with Gasteiger partial charge < -0.3 is 0 Å². The fourth-order valence-corrected chi connectivity index (χ4v) is 3.31. The molecule has 5 N–H and O–H groups in total. The Labute approximate surface area is 152 Å². The van der Waals surface area contributed by atoms with Crippen LogP contribution in [0.5, 0.6) is 0 Å². The van der Waals surface area contributed by atoms with E-state index in [1.54, 1.807) is 18.2 Å². The molecular weight excluding hydrogens is 362 g/mol. The number of carbonyl (C=O) groups excluding carboxylic acids is 1. The topological polar surface area (TPSA) is 115 Å². The number of carbonyl (C=O) groups is 1. The maximum atomic E-state index is 12.2. The molecule has 0 fully saturated rings. The number of benzene rings is 2. The number of nitrogens with one attached hydrogen (secondary N) is 1. The van der Waals surface area contributed by atoms with Crippen molar-refractivity contribution in [2.45, 2.75) is 31.1 Å². The smallest absolute Gasteiger partial charge is 0.265 e. The number of sulfonamides is 1. The van der Waals surface area contributed by atoms with Crippen molar-refractivity contribution in [2.24, 2.45) is 11.0 Å². The molecule has 0 aliphatic rings. The Kier molecular flexibility index (Phi) is 5.24. The molecule has 0 spiro atoms. The molecule has 0 heterocycles. The van der Waals surface area contributed by atoms with Crippen LogP contribution in [0.25, 0.3) is 11.1 Å². The van der Waals surface area contributed by atoms with Crippen molar-refractivity contribution in [3.8, 4) is 11.1 Å². The van der Waals surface area contributed by atoms with E-state index in [1.807, 2.05) is 20.8 Å². The van der Waals surface area contributed by atoms with Gasteiger partial charge in [-0.3, -0.25) is 10.2 Å².